The van der Waals surface area contributed by atoms with E-state index in [4.69, 9.17) is 0 Å². The molecule has 0 fully saturated rings. The van der Waals surface area contributed by atoms with Crippen LogP contribution in [0.2, 0.25) is 0 Å². The van der Waals surface area contributed by atoms with Gasteiger partial charge in [0, 0.05) is 0 Å². The van der Waals surface area contributed by atoms with Gasteiger partial charge >= 0.3 is 0 Å². The predicted molar refractivity (Wildman–Crippen MR) is 70.8 cm³/mol. The van der Waals surface area contributed by atoms with Crippen molar-refractivity contribution >= 4 is 0 Å². The van der Waals surface area contributed by atoms with E-state index in [-0.39, 0.29) is 0 Å². The van der Waals surface area contributed by atoms with Crippen LogP contribution in [0.4, 0.5) is 0 Å². The van der Waals surface area contributed by atoms with Crippen LogP contribution in [0.3, 0.4) is 0 Å². The second kappa shape index (κ2) is 9.76. The van der Waals surface area contributed by atoms with Crippen LogP contribution in [0.25, 0.3) is 0 Å². The van der Waals surface area contributed by atoms with E-state index in [9.17, 15) is 0 Å². The third kappa shape index (κ3) is 9.52. The maximum absolute atomic E-state index is 2.33. The lowest BCUT2D eigenvalue weighted by Crippen LogP contribution is -1.85. The molecule has 0 nitrogen and oxygen atoms in total. The Bertz CT molecular complexity index is 216. The second-order valence-electron chi connectivity index (χ2n) is 4.08. The molecule has 0 saturated heterocycles. The molecule has 0 aliphatic rings. The molecule has 0 N–H and O–H groups in total. The summed E-state index contributed by atoms with van der Waals surface area (Å²) in [6.45, 7) is 8.59. The minimum atomic E-state index is 1.16. The molecule has 0 bridgehead atoms. The predicted octanol–water partition coefficient (Wildman–Crippen LogP) is 5.24. The monoisotopic (exact) mass is 205 g/mol. The van der Waals surface area contributed by atoms with Crippen LogP contribution in [0.1, 0.15) is 53.4 Å². The van der Waals surface area contributed by atoms with Gasteiger partial charge in [-0.15, -0.1) is 0 Å². The Morgan fingerprint density at radius 3 is 1.87 bits per heavy atom. The van der Waals surface area contributed by atoms with Gasteiger partial charge in [-0.3, -0.25) is 0 Å². The molecule has 0 aromatic heterocycles. The molecule has 0 aliphatic carbocycles. The van der Waals surface area contributed by atoms with Gasteiger partial charge in [0.1, 0.15) is 0 Å². The van der Waals surface area contributed by atoms with Gasteiger partial charge in [-0.2, -0.15) is 0 Å². The highest BCUT2D eigenvalue weighted by Gasteiger charge is 1.94. The fourth-order valence-electron chi connectivity index (χ4n) is 1.20. The lowest BCUT2D eigenvalue weighted by Gasteiger charge is -2.02. The number of allylic oxidation sites excluding steroid dienone is 6. The topological polar surface area (TPSA) is 0 Å². The second-order valence-corrected chi connectivity index (χ2v) is 4.08. The van der Waals surface area contributed by atoms with E-state index in [1.807, 2.05) is 0 Å². The van der Waals surface area contributed by atoms with E-state index in [1.54, 1.807) is 0 Å². The van der Waals surface area contributed by atoms with E-state index < -0.39 is 0 Å². The van der Waals surface area contributed by atoms with E-state index in [0.717, 1.165) is 6.42 Å². The minimum Gasteiger partial charge on any atom is -0.0917 e. The molecular formula is C15H25. The van der Waals surface area contributed by atoms with Gasteiger partial charge in [0.05, 0.1) is 0 Å². The van der Waals surface area contributed by atoms with Crippen LogP contribution < -0.4 is 0 Å². The summed E-state index contributed by atoms with van der Waals surface area (Å²) in [5.41, 5.74) is 1.43. The molecule has 1 radical (unpaired) electrons. The zero-order chi connectivity index (χ0) is 11.5. The van der Waals surface area contributed by atoms with Crippen molar-refractivity contribution in [1.82, 2.24) is 0 Å². The maximum atomic E-state index is 2.33. The summed E-state index contributed by atoms with van der Waals surface area (Å²) < 4.78 is 0. The lowest BCUT2D eigenvalue weighted by molar-refractivity contribution is 0.984. The van der Waals surface area contributed by atoms with Gasteiger partial charge in [0.2, 0.25) is 0 Å². The quantitative estimate of drug-likeness (QED) is 0.394. The van der Waals surface area contributed by atoms with Gasteiger partial charge in [-0.25, -0.2) is 0 Å². The Hall–Kier alpha value is -0.780. The number of hydrogen-bond acceptors (Lipinski definition) is 0. The zero-order valence-corrected chi connectivity index (χ0v) is 10.7. The number of unbranched alkanes of at least 4 members (excludes halogenated alkanes) is 2. The smallest absolute Gasteiger partial charge is 0.00593 e. The van der Waals surface area contributed by atoms with Crippen molar-refractivity contribution in [3.63, 3.8) is 0 Å². The standard InChI is InChI=1S/C15H25/c1-5-6-7-8-9-10-11-12-13-15(4)14(2)3/h5-6,9-10,13H,7-8,11-12H2,1-4H3/b6-5+,10-9+,15-13+. The average Bonchev–Trinajstić information content (AvgIpc) is 2.21. The van der Waals surface area contributed by atoms with Crippen LogP contribution in [0, 0.1) is 5.92 Å². The third-order valence-corrected chi connectivity index (χ3v) is 2.47. The SMILES string of the molecule is C/C=C/CC/C=C/CC/C=C(\C)[C](C)C. The normalized spacial score (nSPS) is 13.5. The van der Waals surface area contributed by atoms with Gasteiger partial charge in [-0.1, -0.05) is 49.8 Å². The van der Waals surface area contributed by atoms with Gasteiger partial charge < -0.3 is 0 Å². The van der Waals surface area contributed by atoms with Crippen molar-refractivity contribution in [3.05, 3.63) is 41.9 Å². The Labute approximate surface area is 95.8 Å². The summed E-state index contributed by atoms with van der Waals surface area (Å²) in [5.74, 6) is 1.42. The van der Waals surface area contributed by atoms with Crippen LogP contribution in [0.5, 0.6) is 0 Å². The van der Waals surface area contributed by atoms with Crippen molar-refractivity contribution in [2.75, 3.05) is 0 Å². The Morgan fingerprint density at radius 1 is 0.800 bits per heavy atom. The van der Waals surface area contributed by atoms with Crippen molar-refractivity contribution in [1.29, 1.82) is 0 Å². The first-order valence-electron chi connectivity index (χ1n) is 5.92. The summed E-state index contributed by atoms with van der Waals surface area (Å²) in [6.07, 6.45) is 15.9. The molecule has 0 aromatic carbocycles. The fraction of sp³-hybridized carbons (Fsp3) is 0.533. The average molecular weight is 205 g/mol. The first-order valence-corrected chi connectivity index (χ1v) is 5.92. The summed E-state index contributed by atoms with van der Waals surface area (Å²) >= 11 is 0. The molecule has 0 heterocycles. The van der Waals surface area contributed by atoms with Gasteiger partial charge in [0.25, 0.3) is 0 Å². The summed E-state index contributed by atoms with van der Waals surface area (Å²) in [5, 5.41) is 0. The number of hydrogen-bond donors (Lipinski definition) is 0. The first-order chi connectivity index (χ1) is 7.18. The van der Waals surface area contributed by atoms with Crippen molar-refractivity contribution in [2.45, 2.75) is 53.4 Å². The van der Waals surface area contributed by atoms with E-state index >= 15 is 0 Å². The molecule has 0 saturated carbocycles. The zero-order valence-electron chi connectivity index (χ0n) is 10.7. The highest BCUT2D eigenvalue weighted by molar-refractivity contribution is 5.17. The minimum absolute atomic E-state index is 1.16. The molecular weight excluding hydrogens is 180 g/mol. The molecule has 0 unspecified atom stereocenters. The van der Waals surface area contributed by atoms with Crippen LogP contribution >= 0.6 is 0 Å². The summed E-state index contributed by atoms with van der Waals surface area (Å²) in [6, 6.07) is 0. The highest BCUT2D eigenvalue weighted by atomic mass is 14.0. The van der Waals surface area contributed by atoms with Gasteiger partial charge in [0.15, 0.2) is 0 Å². The van der Waals surface area contributed by atoms with Crippen LogP contribution in [-0.4, -0.2) is 0 Å². The molecule has 15 heavy (non-hydrogen) atoms. The Kier molecular flexibility index (Phi) is 9.26. The molecule has 0 aliphatic heterocycles. The van der Waals surface area contributed by atoms with Crippen molar-refractivity contribution < 1.29 is 0 Å². The van der Waals surface area contributed by atoms with E-state index in [1.165, 1.54) is 30.8 Å². The maximum Gasteiger partial charge on any atom is -0.00593 e. The summed E-state index contributed by atoms with van der Waals surface area (Å²) in [4.78, 5) is 0. The molecule has 0 atom stereocenters. The van der Waals surface area contributed by atoms with Crippen LogP contribution in [0.15, 0.2) is 36.0 Å². The first kappa shape index (κ1) is 14.2. The molecule has 0 aromatic rings. The van der Waals surface area contributed by atoms with Crippen molar-refractivity contribution in [3.8, 4) is 0 Å². The Balaban J connectivity index is 3.49. The fourth-order valence-corrected chi connectivity index (χ4v) is 1.20. The lowest BCUT2D eigenvalue weighted by atomic mass is 10.0. The molecule has 0 amide bonds. The van der Waals surface area contributed by atoms with Crippen LogP contribution in [-0.2, 0) is 0 Å². The van der Waals surface area contributed by atoms with Crippen molar-refractivity contribution in [2.24, 2.45) is 0 Å². The van der Waals surface area contributed by atoms with Gasteiger partial charge in [-0.05, 0) is 45.4 Å². The molecule has 0 spiro atoms. The largest absolute Gasteiger partial charge is 0.0917 e. The Morgan fingerprint density at radius 2 is 1.33 bits per heavy atom. The summed E-state index contributed by atoms with van der Waals surface area (Å²) in [7, 11) is 0. The van der Waals surface area contributed by atoms with E-state index in [2.05, 4.69) is 58.1 Å². The molecule has 0 heteroatoms. The molecule has 85 valence electrons. The van der Waals surface area contributed by atoms with E-state index in [0.29, 0.717) is 0 Å². The third-order valence-electron chi connectivity index (χ3n) is 2.47. The highest BCUT2D eigenvalue weighted by Crippen LogP contribution is 2.11. The number of rotatable bonds is 7. The molecule has 0 rings (SSSR count).